The lowest BCUT2D eigenvalue weighted by molar-refractivity contribution is -0.165. The molecule has 0 N–H and O–H groups in total. The van der Waals surface area contributed by atoms with E-state index in [-0.39, 0.29) is 29.8 Å². The second-order valence-electron chi connectivity index (χ2n) is 11.7. The van der Waals surface area contributed by atoms with E-state index in [1.807, 2.05) is 19.2 Å². The molecular formula is C29H48O5Si. The monoisotopic (exact) mass is 504 g/mol. The summed E-state index contributed by atoms with van der Waals surface area (Å²) in [7, 11) is 1.59. The second kappa shape index (κ2) is 11.9. The minimum Gasteiger partial charge on any atom is -0.497 e. The maximum Gasteiger partial charge on any atom is 0.189 e. The van der Waals surface area contributed by atoms with Crippen LogP contribution in [0.4, 0.5) is 0 Å². The van der Waals surface area contributed by atoms with Gasteiger partial charge in [0.15, 0.2) is 8.32 Å². The molecule has 3 rings (SSSR count). The number of hydrogen-bond donors (Lipinski definition) is 0. The second-order valence-corrected chi connectivity index (χ2v) is 16.3. The summed E-state index contributed by atoms with van der Waals surface area (Å²) in [6.45, 7) is 17.2. The first kappa shape index (κ1) is 28.4. The number of hydrogen-bond acceptors (Lipinski definition) is 5. The third kappa shape index (κ3) is 6.98. The van der Waals surface area contributed by atoms with E-state index < -0.39 is 8.32 Å². The molecule has 1 spiro atoms. The average Bonchev–Trinajstić information content (AvgIpc) is 3.56. The lowest BCUT2D eigenvalue weighted by Crippen LogP contribution is -2.59. The minimum absolute atomic E-state index is 0.0514. The van der Waals surface area contributed by atoms with Gasteiger partial charge in [-0.25, -0.2) is 0 Å². The van der Waals surface area contributed by atoms with Gasteiger partial charge in [0.1, 0.15) is 17.5 Å². The Hall–Kier alpha value is -1.18. The number of allylic oxidation sites excluding steroid dienone is 1. The van der Waals surface area contributed by atoms with Crippen molar-refractivity contribution in [1.29, 1.82) is 0 Å². The van der Waals surface area contributed by atoms with Gasteiger partial charge in [0.25, 0.3) is 0 Å². The van der Waals surface area contributed by atoms with Crippen LogP contribution in [-0.4, -0.2) is 53.1 Å². The Labute approximate surface area is 214 Å². The largest absolute Gasteiger partial charge is 0.497 e. The topological polar surface area (TPSA) is 49.5 Å². The maximum atomic E-state index is 6.94. The molecule has 0 bridgehead atoms. The number of benzene rings is 1. The van der Waals surface area contributed by atoms with E-state index in [0.717, 1.165) is 30.8 Å². The molecular weight excluding hydrogens is 456 g/mol. The van der Waals surface area contributed by atoms with Crippen LogP contribution in [0.15, 0.2) is 35.9 Å². The summed E-state index contributed by atoms with van der Waals surface area (Å²) in [4.78, 5) is 0. The van der Waals surface area contributed by atoms with Crippen LogP contribution in [0.5, 0.6) is 5.75 Å². The van der Waals surface area contributed by atoms with E-state index in [4.69, 9.17) is 23.4 Å². The lowest BCUT2D eigenvalue weighted by atomic mass is 9.70. The van der Waals surface area contributed by atoms with Gasteiger partial charge in [0, 0.05) is 19.4 Å². The molecule has 0 unspecified atom stereocenters. The molecule has 198 valence electrons. The first-order valence-corrected chi connectivity index (χ1v) is 16.3. The van der Waals surface area contributed by atoms with Crippen LogP contribution in [-0.2, 0) is 25.2 Å². The van der Waals surface area contributed by atoms with Gasteiger partial charge in [-0.05, 0) is 62.0 Å². The Morgan fingerprint density at radius 1 is 1.11 bits per heavy atom. The molecule has 1 aromatic rings. The molecule has 0 radical (unpaired) electrons. The van der Waals surface area contributed by atoms with Crippen molar-refractivity contribution in [1.82, 2.24) is 0 Å². The summed E-state index contributed by atoms with van der Waals surface area (Å²) in [6.07, 6.45) is 5.18. The predicted octanol–water partition coefficient (Wildman–Crippen LogP) is 6.77. The fourth-order valence-electron chi connectivity index (χ4n) is 5.14. The summed E-state index contributed by atoms with van der Waals surface area (Å²) in [6, 6.07) is 8.08. The van der Waals surface area contributed by atoms with Crippen LogP contribution in [0.1, 0.15) is 59.4 Å². The van der Waals surface area contributed by atoms with Crippen LogP contribution < -0.4 is 4.74 Å². The third-order valence-corrected chi connectivity index (χ3v) is 11.8. The Balaban J connectivity index is 1.87. The first-order valence-electron chi connectivity index (χ1n) is 13.3. The van der Waals surface area contributed by atoms with E-state index >= 15 is 0 Å². The molecule has 35 heavy (non-hydrogen) atoms. The van der Waals surface area contributed by atoms with Crippen LogP contribution in [0.2, 0.25) is 18.6 Å². The normalized spacial score (nSPS) is 29.3. The predicted molar refractivity (Wildman–Crippen MR) is 144 cm³/mol. The molecule has 2 aliphatic rings. The highest BCUT2D eigenvalue weighted by atomic mass is 28.4. The fraction of sp³-hybridized carbons (Fsp3) is 0.724. The molecule has 1 aliphatic carbocycles. The molecule has 6 heteroatoms. The Morgan fingerprint density at radius 3 is 2.29 bits per heavy atom. The van der Waals surface area contributed by atoms with Gasteiger partial charge in [-0.3, -0.25) is 0 Å². The molecule has 1 aliphatic heterocycles. The quantitative estimate of drug-likeness (QED) is 0.179. The van der Waals surface area contributed by atoms with Gasteiger partial charge in [-0.15, -0.1) is 0 Å². The number of methoxy groups -OCH3 is 2. The maximum absolute atomic E-state index is 6.94. The van der Waals surface area contributed by atoms with Gasteiger partial charge >= 0.3 is 0 Å². The molecule has 0 amide bonds. The summed E-state index contributed by atoms with van der Waals surface area (Å²) in [5.41, 5.74) is 2.78. The van der Waals surface area contributed by atoms with Gasteiger partial charge in [-0.2, -0.15) is 0 Å². The van der Waals surface area contributed by atoms with Gasteiger partial charge in [0.05, 0.1) is 32.5 Å². The zero-order valence-electron chi connectivity index (χ0n) is 23.4. The highest BCUT2D eigenvalue weighted by molar-refractivity contribution is 6.72. The fourth-order valence-corrected chi connectivity index (χ4v) is 6.41. The number of ether oxygens (including phenoxy) is 4. The van der Waals surface area contributed by atoms with E-state index in [1.54, 1.807) is 7.11 Å². The molecule has 1 aromatic carbocycles. The van der Waals surface area contributed by atoms with Crippen LogP contribution in [0.25, 0.3) is 0 Å². The van der Waals surface area contributed by atoms with E-state index in [0.29, 0.717) is 18.1 Å². The summed E-state index contributed by atoms with van der Waals surface area (Å²) >= 11 is 0. The van der Waals surface area contributed by atoms with Crippen molar-refractivity contribution in [2.24, 2.45) is 11.8 Å². The van der Waals surface area contributed by atoms with Crippen LogP contribution >= 0.6 is 0 Å². The highest BCUT2D eigenvalue weighted by Gasteiger charge is 2.63. The zero-order chi connectivity index (χ0) is 25.8. The molecule has 1 saturated carbocycles. The van der Waals surface area contributed by atoms with Crippen molar-refractivity contribution in [3.63, 3.8) is 0 Å². The zero-order valence-corrected chi connectivity index (χ0v) is 24.4. The van der Waals surface area contributed by atoms with E-state index in [1.165, 1.54) is 12.0 Å². The average molecular weight is 505 g/mol. The Bertz CT molecular complexity index is 828. The third-order valence-electron chi connectivity index (χ3n) is 8.07. The van der Waals surface area contributed by atoms with Crippen molar-refractivity contribution >= 4 is 8.32 Å². The van der Waals surface area contributed by atoms with Crippen LogP contribution in [0, 0.1) is 11.8 Å². The van der Waals surface area contributed by atoms with Crippen molar-refractivity contribution in [3.05, 3.63) is 41.5 Å². The van der Waals surface area contributed by atoms with E-state index in [9.17, 15) is 0 Å². The molecule has 0 aromatic heterocycles. The molecule has 5 nitrogen and oxygen atoms in total. The summed E-state index contributed by atoms with van der Waals surface area (Å²) < 4.78 is 31.4. The SMILES string of the molecule is COc1ccc(CO[C@H]2[C@@H](OC)[C@H](/C(C)=C/CCC(C)C)[C@@]3(CO3)C[C@@H]2O[Si](C)(C)C(C)C)cc1. The van der Waals surface area contributed by atoms with Crippen LogP contribution in [0.3, 0.4) is 0 Å². The van der Waals surface area contributed by atoms with Gasteiger partial charge in [0.2, 0.25) is 0 Å². The molecule has 5 atom stereocenters. The first-order chi connectivity index (χ1) is 16.5. The lowest BCUT2D eigenvalue weighted by Gasteiger charge is -2.48. The number of epoxide rings is 1. The van der Waals surface area contributed by atoms with Crippen molar-refractivity contribution in [2.75, 3.05) is 20.8 Å². The molecule has 1 saturated heterocycles. The summed E-state index contributed by atoms with van der Waals surface area (Å²) in [5, 5.41) is 0. The smallest absolute Gasteiger partial charge is 0.189 e. The van der Waals surface area contributed by atoms with Gasteiger partial charge < -0.3 is 23.4 Å². The van der Waals surface area contributed by atoms with Crippen molar-refractivity contribution < 1.29 is 23.4 Å². The highest BCUT2D eigenvalue weighted by Crippen LogP contribution is 2.52. The molecule has 2 fully saturated rings. The minimum atomic E-state index is -1.91. The Morgan fingerprint density at radius 2 is 1.77 bits per heavy atom. The summed E-state index contributed by atoms with van der Waals surface area (Å²) in [5.74, 6) is 1.71. The van der Waals surface area contributed by atoms with Crippen molar-refractivity contribution in [2.45, 2.75) is 103 Å². The molecule has 1 heterocycles. The van der Waals surface area contributed by atoms with Crippen molar-refractivity contribution in [3.8, 4) is 5.75 Å². The standard InChI is InChI=1S/C29H48O5Si/c1-20(2)11-10-12-22(5)26-28(31-7)27(32-18-23-13-15-24(30-6)16-14-23)25(17-29(26)19-33-29)34-35(8,9)21(3)4/h12-16,20-21,25-28H,10-11,17-19H2,1-9H3/b22-12+/t25-,26-,27+,28-,29-/m0/s1. The number of rotatable bonds is 12. The van der Waals surface area contributed by atoms with E-state index in [2.05, 4.69) is 65.9 Å². The Kier molecular flexibility index (Phi) is 9.66. The van der Waals surface area contributed by atoms with Gasteiger partial charge in [-0.1, -0.05) is 51.5 Å².